The summed E-state index contributed by atoms with van der Waals surface area (Å²) in [7, 11) is -1.71. The largest absolute Gasteiger partial charge is 0.570 e. The number of aromatic amines is 1. The van der Waals surface area contributed by atoms with Gasteiger partial charge in [0.1, 0.15) is 5.69 Å². The predicted octanol–water partition coefficient (Wildman–Crippen LogP) is 1.73. The lowest BCUT2D eigenvalue weighted by molar-refractivity contribution is 0.0532. The van der Waals surface area contributed by atoms with Gasteiger partial charge >= 0.3 is 10.8 Å². The summed E-state index contributed by atoms with van der Waals surface area (Å²) >= 11 is 1.69. The number of rotatable bonds is 7. The average molecular weight is 354 g/mol. The van der Waals surface area contributed by atoms with E-state index in [9.17, 15) is 9.35 Å². The second-order valence-corrected chi connectivity index (χ2v) is 6.69. The van der Waals surface area contributed by atoms with E-state index >= 15 is 0 Å². The number of nitrogens with one attached hydrogen (secondary N) is 1. The highest BCUT2D eigenvalue weighted by Gasteiger charge is 2.25. The molecule has 2 rings (SSSR count). The number of H-pyrrole nitrogens is 1. The SMILES string of the molecule is CCOC(=O)c1c(N)c(=NCCSCc2ccccn2)[nH][s+]1[O-]. The molecule has 23 heavy (non-hydrogen) atoms. The number of nitrogens with zero attached hydrogens (tertiary/aromatic N) is 2. The second-order valence-electron chi connectivity index (χ2n) is 4.44. The quantitative estimate of drug-likeness (QED) is 0.444. The molecule has 0 spiro atoms. The second kappa shape index (κ2) is 8.70. The van der Waals surface area contributed by atoms with Crippen LogP contribution in [0, 0.1) is 0 Å². The fraction of sp³-hybridized carbons (Fsp3) is 0.357. The molecular formula is C14H18N4O3S2. The first-order chi connectivity index (χ1) is 11.1. The third-order valence-corrected chi connectivity index (χ3v) is 4.92. The molecule has 0 amide bonds. The van der Waals surface area contributed by atoms with Crippen molar-refractivity contribution in [2.24, 2.45) is 4.99 Å². The van der Waals surface area contributed by atoms with E-state index in [1.807, 2.05) is 18.2 Å². The van der Waals surface area contributed by atoms with Crippen LogP contribution in [0.5, 0.6) is 0 Å². The van der Waals surface area contributed by atoms with E-state index in [1.54, 1.807) is 24.9 Å². The van der Waals surface area contributed by atoms with E-state index in [1.165, 1.54) is 0 Å². The summed E-state index contributed by atoms with van der Waals surface area (Å²) < 4.78 is 19.3. The number of aromatic nitrogens is 2. The summed E-state index contributed by atoms with van der Waals surface area (Å²) in [5.74, 6) is 0.881. The van der Waals surface area contributed by atoms with Crippen LogP contribution in [-0.4, -0.2) is 38.8 Å². The summed E-state index contributed by atoms with van der Waals surface area (Å²) in [6, 6.07) is 5.79. The zero-order valence-electron chi connectivity index (χ0n) is 12.7. The van der Waals surface area contributed by atoms with Crippen molar-refractivity contribution in [3.05, 3.63) is 40.5 Å². The summed E-state index contributed by atoms with van der Waals surface area (Å²) in [6.45, 7) is 2.37. The van der Waals surface area contributed by atoms with Gasteiger partial charge in [0.25, 0.3) is 0 Å². The monoisotopic (exact) mass is 354 g/mol. The van der Waals surface area contributed by atoms with Crippen LogP contribution in [0.25, 0.3) is 0 Å². The highest BCUT2D eigenvalue weighted by molar-refractivity contribution is 7.98. The maximum absolute atomic E-state index is 11.9. The Bertz CT molecular complexity index is 713. The number of anilines is 1. The van der Waals surface area contributed by atoms with Crippen molar-refractivity contribution in [3.63, 3.8) is 0 Å². The maximum atomic E-state index is 11.9. The van der Waals surface area contributed by atoms with Crippen LogP contribution in [0.2, 0.25) is 0 Å². The van der Waals surface area contributed by atoms with Crippen molar-refractivity contribution in [2.45, 2.75) is 12.7 Å². The summed E-state index contributed by atoms with van der Waals surface area (Å²) in [5.41, 5.74) is 7.21. The van der Waals surface area contributed by atoms with Gasteiger partial charge in [-0.3, -0.25) is 9.98 Å². The molecule has 0 aliphatic rings. The minimum Gasteiger partial charge on any atom is -0.570 e. The Balaban J connectivity index is 1.93. The third kappa shape index (κ3) is 4.81. The predicted molar refractivity (Wildman–Crippen MR) is 90.6 cm³/mol. The number of carbonyl (C=O) groups excluding carboxylic acids is 1. The van der Waals surface area contributed by atoms with Crippen molar-refractivity contribution in [1.29, 1.82) is 0 Å². The first-order valence-corrected chi connectivity index (χ1v) is 9.31. The van der Waals surface area contributed by atoms with Crippen LogP contribution in [0.15, 0.2) is 29.4 Å². The van der Waals surface area contributed by atoms with E-state index in [0.29, 0.717) is 6.54 Å². The number of hydrogen-bond acceptors (Lipinski definition) is 7. The average Bonchev–Trinajstić information content (AvgIpc) is 2.82. The van der Waals surface area contributed by atoms with Gasteiger partial charge in [-0.2, -0.15) is 16.1 Å². The lowest BCUT2D eigenvalue weighted by Gasteiger charge is -1.98. The lowest BCUT2D eigenvalue weighted by Crippen LogP contribution is -2.13. The molecule has 2 heterocycles. The number of carbonyl (C=O) groups is 1. The number of nitrogen functional groups attached to an aromatic ring is 1. The van der Waals surface area contributed by atoms with Crippen LogP contribution in [0.4, 0.5) is 5.69 Å². The number of esters is 1. The number of hydrogen-bond donors (Lipinski definition) is 2. The molecule has 0 bridgehead atoms. The summed E-state index contributed by atoms with van der Waals surface area (Å²) in [6.07, 6.45) is 1.76. The van der Waals surface area contributed by atoms with Crippen LogP contribution in [0.3, 0.4) is 0 Å². The first kappa shape index (κ1) is 17.5. The Labute approximate surface area is 141 Å². The summed E-state index contributed by atoms with van der Waals surface area (Å²) in [4.78, 5) is 20.1. The third-order valence-electron chi connectivity index (χ3n) is 2.82. The number of ether oxygens (including phenoxy) is 1. The van der Waals surface area contributed by atoms with E-state index in [0.717, 1.165) is 17.2 Å². The van der Waals surface area contributed by atoms with Crippen LogP contribution in [-0.2, 0) is 10.5 Å². The van der Waals surface area contributed by atoms with Crippen molar-refractivity contribution in [1.82, 2.24) is 9.36 Å². The molecule has 1 atom stereocenters. The molecule has 2 aromatic rings. The van der Waals surface area contributed by atoms with Gasteiger partial charge in [0, 0.05) is 17.7 Å². The Morgan fingerprint density at radius 1 is 1.57 bits per heavy atom. The lowest BCUT2D eigenvalue weighted by atomic mass is 10.4. The molecule has 0 fully saturated rings. The molecule has 1 unspecified atom stereocenters. The first-order valence-electron chi connectivity index (χ1n) is 7.01. The molecule has 0 saturated carbocycles. The van der Waals surface area contributed by atoms with Crippen molar-refractivity contribution in [2.75, 3.05) is 24.6 Å². The van der Waals surface area contributed by atoms with E-state index in [4.69, 9.17) is 10.5 Å². The topological polar surface area (TPSA) is 116 Å². The molecule has 2 aromatic heterocycles. The van der Waals surface area contributed by atoms with E-state index in [-0.39, 0.29) is 22.7 Å². The molecular weight excluding hydrogens is 336 g/mol. The number of pyridine rings is 1. The van der Waals surface area contributed by atoms with Gasteiger partial charge in [-0.1, -0.05) is 6.07 Å². The Hall–Kier alpha value is -1.84. The maximum Gasteiger partial charge on any atom is 0.396 e. The van der Waals surface area contributed by atoms with E-state index < -0.39 is 16.9 Å². The molecule has 0 radical (unpaired) electrons. The van der Waals surface area contributed by atoms with E-state index in [2.05, 4.69) is 14.3 Å². The molecule has 7 nitrogen and oxygen atoms in total. The molecule has 0 aliphatic carbocycles. The smallest absolute Gasteiger partial charge is 0.396 e. The van der Waals surface area contributed by atoms with Gasteiger partial charge in [0.05, 0.1) is 29.8 Å². The molecule has 0 aliphatic heterocycles. The fourth-order valence-corrected chi connectivity index (χ4v) is 3.49. The van der Waals surface area contributed by atoms with Crippen molar-refractivity contribution < 1.29 is 14.1 Å². The van der Waals surface area contributed by atoms with Crippen molar-refractivity contribution >= 4 is 34.4 Å². The zero-order valence-corrected chi connectivity index (χ0v) is 14.3. The fourth-order valence-electron chi connectivity index (χ4n) is 1.78. The van der Waals surface area contributed by atoms with Gasteiger partial charge in [0.15, 0.2) is 5.49 Å². The Kier molecular flexibility index (Phi) is 6.63. The Morgan fingerprint density at radius 3 is 3.09 bits per heavy atom. The molecule has 0 saturated heterocycles. The van der Waals surface area contributed by atoms with Gasteiger partial charge in [-0.15, -0.1) is 0 Å². The van der Waals surface area contributed by atoms with Crippen LogP contribution >= 0.6 is 22.7 Å². The number of thioether (sulfide) groups is 1. The molecule has 124 valence electrons. The molecule has 0 aromatic carbocycles. The van der Waals surface area contributed by atoms with Gasteiger partial charge in [-0.25, -0.2) is 4.79 Å². The van der Waals surface area contributed by atoms with Gasteiger partial charge in [-0.05, 0) is 19.1 Å². The highest BCUT2D eigenvalue weighted by Crippen LogP contribution is 2.21. The highest BCUT2D eigenvalue weighted by atomic mass is 32.2. The zero-order chi connectivity index (χ0) is 16.7. The molecule has 3 N–H and O–H groups in total. The standard InChI is InChI=1S/C14H18N4O3S2/c1-2-21-14(19)12-11(15)13(18-23(12)20)17-7-8-22-9-10-5-3-4-6-16-10/h3-6H,2,7-9,15H2,1H3,(H,17,18). The minimum absolute atomic E-state index is 0.0632. The number of nitrogens with two attached hydrogens (primary N) is 1. The summed E-state index contributed by atoms with van der Waals surface area (Å²) in [5, 5.41) is 0. The minimum atomic E-state index is -1.71. The Morgan fingerprint density at radius 2 is 2.39 bits per heavy atom. The van der Waals surface area contributed by atoms with Crippen molar-refractivity contribution in [3.8, 4) is 0 Å². The van der Waals surface area contributed by atoms with Crippen LogP contribution in [0.1, 0.15) is 22.3 Å². The molecule has 9 heteroatoms. The van der Waals surface area contributed by atoms with Crippen LogP contribution < -0.4 is 11.2 Å². The normalized spacial score (nSPS) is 12.4. The van der Waals surface area contributed by atoms with Gasteiger partial charge in [0.2, 0.25) is 0 Å². The van der Waals surface area contributed by atoms with Gasteiger partial charge < -0.3 is 15.0 Å².